The molecule has 1 N–H and O–H groups in total. The van der Waals surface area contributed by atoms with Crippen molar-refractivity contribution in [1.29, 1.82) is 0 Å². The Morgan fingerprint density at radius 2 is 2.29 bits per heavy atom. The maximum absolute atomic E-state index is 12.2. The lowest BCUT2D eigenvalue weighted by molar-refractivity contribution is -0.139. The summed E-state index contributed by atoms with van der Waals surface area (Å²) < 4.78 is 0.715. The molecule has 1 aromatic heterocycles. The topological polar surface area (TPSA) is 60.9 Å². The molecule has 0 spiro atoms. The molecule has 1 atom stereocenters. The van der Waals surface area contributed by atoms with Crippen molar-refractivity contribution < 1.29 is 14.7 Å². The van der Waals surface area contributed by atoms with Crippen molar-refractivity contribution in [2.45, 2.75) is 31.8 Å². The third kappa shape index (κ3) is 4.69. The Hall–Kier alpha value is -1.11. The van der Waals surface area contributed by atoms with Gasteiger partial charge in [0.2, 0.25) is 5.91 Å². The Labute approximate surface area is 133 Å². The van der Waals surface area contributed by atoms with Gasteiger partial charge >= 0.3 is 5.97 Å². The van der Waals surface area contributed by atoms with Crippen LogP contribution >= 0.6 is 22.9 Å². The van der Waals surface area contributed by atoms with Crippen LogP contribution < -0.4 is 0 Å². The molecule has 1 fully saturated rings. The average molecular weight is 331 g/mol. The Balaban J connectivity index is 1.86. The fourth-order valence-corrected chi connectivity index (χ4v) is 3.73. The first-order chi connectivity index (χ1) is 9.95. The summed E-state index contributed by atoms with van der Waals surface area (Å²) >= 11 is 7.35. The molecule has 5 nitrogen and oxygen atoms in total. The molecule has 0 bridgehead atoms. The van der Waals surface area contributed by atoms with Crippen molar-refractivity contribution >= 4 is 34.8 Å². The maximum Gasteiger partial charge on any atom is 0.304 e. The summed E-state index contributed by atoms with van der Waals surface area (Å²) in [6, 6.07) is 3.72. The van der Waals surface area contributed by atoms with Crippen LogP contribution in [0.3, 0.4) is 0 Å². The second-order valence-corrected chi connectivity index (χ2v) is 7.12. The second-order valence-electron chi connectivity index (χ2n) is 5.32. The van der Waals surface area contributed by atoms with Gasteiger partial charge in [-0.2, -0.15) is 0 Å². The highest BCUT2D eigenvalue weighted by atomic mass is 35.5. The molecule has 21 heavy (non-hydrogen) atoms. The third-order valence-corrected chi connectivity index (χ3v) is 4.91. The Kier molecular flexibility index (Phi) is 5.61. The van der Waals surface area contributed by atoms with Crippen LogP contribution in [-0.4, -0.2) is 53.0 Å². The average Bonchev–Trinajstić information content (AvgIpc) is 2.99. The van der Waals surface area contributed by atoms with Crippen LogP contribution in [0, 0.1) is 0 Å². The van der Waals surface area contributed by atoms with Gasteiger partial charge in [0.05, 0.1) is 23.8 Å². The number of carbonyl (C=O) groups is 2. The highest BCUT2D eigenvalue weighted by Gasteiger charge is 2.28. The SMILES string of the molecule is CN(Cc1ccc(Cl)s1)C(=O)CN1CCCC1CC(=O)O. The van der Waals surface area contributed by atoms with E-state index in [2.05, 4.69) is 0 Å². The van der Waals surface area contributed by atoms with Crippen molar-refractivity contribution in [3.8, 4) is 0 Å². The number of nitrogens with zero attached hydrogens (tertiary/aromatic N) is 2. The van der Waals surface area contributed by atoms with E-state index in [0.29, 0.717) is 10.9 Å². The molecule has 1 amide bonds. The number of carboxylic acids is 1. The second kappa shape index (κ2) is 7.24. The third-order valence-electron chi connectivity index (χ3n) is 3.70. The number of rotatable bonds is 6. The summed E-state index contributed by atoms with van der Waals surface area (Å²) in [5, 5.41) is 8.90. The molecular formula is C14H19ClN2O3S. The Morgan fingerprint density at radius 3 is 2.90 bits per heavy atom. The Bertz CT molecular complexity index is 520. The number of likely N-dealkylation sites (N-methyl/N-ethyl adjacent to an activating group) is 1. The summed E-state index contributed by atoms with van der Waals surface area (Å²) in [6.45, 7) is 1.61. The molecule has 2 heterocycles. The van der Waals surface area contributed by atoms with Gasteiger partial charge in [-0.3, -0.25) is 14.5 Å². The largest absolute Gasteiger partial charge is 0.481 e. The predicted molar refractivity (Wildman–Crippen MR) is 82.7 cm³/mol. The van der Waals surface area contributed by atoms with Gasteiger partial charge in [0.25, 0.3) is 0 Å². The van der Waals surface area contributed by atoms with Crippen LogP contribution in [-0.2, 0) is 16.1 Å². The van der Waals surface area contributed by atoms with E-state index in [4.69, 9.17) is 16.7 Å². The molecule has 1 aliphatic heterocycles. The lowest BCUT2D eigenvalue weighted by atomic mass is 10.1. The maximum atomic E-state index is 12.2. The van der Waals surface area contributed by atoms with Gasteiger partial charge in [-0.25, -0.2) is 0 Å². The molecule has 1 aromatic rings. The molecule has 1 unspecified atom stereocenters. The molecule has 116 valence electrons. The van der Waals surface area contributed by atoms with Gasteiger partial charge in [-0.05, 0) is 31.5 Å². The number of thiophene rings is 1. The van der Waals surface area contributed by atoms with Gasteiger partial charge in [0.1, 0.15) is 0 Å². The van der Waals surface area contributed by atoms with Gasteiger partial charge in [-0.1, -0.05) is 11.6 Å². The van der Waals surface area contributed by atoms with E-state index >= 15 is 0 Å². The van der Waals surface area contributed by atoms with Crippen LogP contribution in [0.2, 0.25) is 4.34 Å². The molecule has 0 radical (unpaired) electrons. The van der Waals surface area contributed by atoms with E-state index in [-0.39, 0.29) is 24.9 Å². The molecule has 1 aliphatic rings. The highest BCUT2D eigenvalue weighted by molar-refractivity contribution is 7.16. The van der Waals surface area contributed by atoms with Crippen LogP contribution in [0.4, 0.5) is 0 Å². The summed E-state index contributed by atoms with van der Waals surface area (Å²) in [6.07, 6.45) is 1.91. The van der Waals surface area contributed by atoms with E-state index in [0.717, 1.165) is 24.3 Å². The van der Waals surface area contributed by atoms with Crippen molar-refractivity contribution in [2.75, 3.05) is 20.1 Å². The van der Waals surface area contributed by atoms with E-state index in [1.165, 1.54) is 11.3 Å². The number of halogens is 1. The minimum atomic E-state index is -0.805. The summed E-state index contributed by atoms with van der Waals surface area (Å²) in [4.78, 5) is 27.8. The van der Waals surface area contributed by atoms with Gasteiger partial charge in [-0.15, -0.1) is 11.3 Å². The molecule has 2 rings (SSSR count). The first-order valence-electron chi connectivity index (χ1n) is 6.89. The lowest BCUT2D eigenvalue weighted by Gasteiger charge is -2.25. The number of likely N-dealkylation sites (tertiary alicyclic amines) is 1. The van der Waals surface area contributed by atoms with Crippen molar-refractivity contribution in [3.63, 3.8) is 0 Å². The summed E-state index contributed by atoms with van der Waals surface area (Å²) in [5.74, 6) is -0.794. The van der Waals surface area contributed by atoms with E-state index in [1.807, 2.05) is 17.0 Å². The summed E-state index contributed by atoms with van der Waals surface area (Å²) in [7, 11) is 1.76. The Morgan fingerprint density at radius 1 is 1.52 bits per heavy atom. The number of aliphatic carboxylic acids is 1. The molecule has 0 saturated carbocycles. The zero-order valence-corrected chi connectivity index (χ0v) is 13.5. The number of hydrogen-bond acceptors (Lipinski definition) is 4. The number of carbonyl (C=O) groups excluding carboxylic acids is 1. The van der Waals surface area contributed by atoms with E-state index in [1.54, 1.807) is 11.9 Å². The zero-order valence-electron chi connectivity index (χ0n) is 11.9. The number of amides is 1. The van der Waals surface area contributed by atoms with Crippen LogP contribution in [0.1, 0.15) is 24.1 Å². The number of carboxylic acid groups (broad SMARTS) is 1. The van der Waals surface area contributed by atoms with Crippen LogP contribution in [0.15, 0.2) is 12.1 Å². The smallest absolute Gasteiger partial charge is 0.304 e. The lowest BCUT2D eigenvalue weighted by Crippen LogP contribution is -2.41. The minimum Gasteiger partial charge on any atom is -0.481 e. The fourth-order valence-electron chi connectivity index (χ4n) is 2.59. The van der Waals surface area contributed by atoms with E-state index in [9.17, 15) is 9.59 Å². The first kappa shape index (κ1) is 16.3. The van der Waals surface area contributed by atoms with Crippen LogP contribution in [0.5, 0.6) is 0 Å². The minimum absolute atomic E-state index is 0.0109. The molecule has 7 heteroatoms. The summed E-state index contributed by atoms with van der Waals surface area (Å²) in [5.41, 5.74) is 0. The first-order valence-corrected chi connectivity index (χ1v) is 8.09. The molecule has 1 saturated heterocycles. The molecule has 0 aliphatic carbocycles. The standard InChI is InChI=1S/C14H19ClN2O3S/c1-16(8-11-4-5-12(15)21-11)13(18)9-17-6-2-3-10(17)7-14(19)20/h4-5,10H,2-3,6-9H2,1H3,(H,19,20). The zero-order chi connectivity index (χ0) is 15.4. The van der Waals surface area contributed by atoms with Crippen LogP contribution in [0.25, 0.3) is 0 Å². The van der Waals surface area contributed by atoms with Gasteiger partial charge in [0, 0.05) is 18.0 Å². The van der Waals surface area contributed by atoms with E-state index < -0.39 is 5.97 Å². The molecule has 0 aromatic carbocycles. The monoisotopic (exact) mass is 330 g/mol. The quantitative estimate of drug-likeness (QED) is 0.869. The normalized spacial score (nSPS) is 18.9. The molecular weight excluding hydrogens is 312 g/mol. The van der Waals surface area contributed by atoms with Gasteiger partial charge < -0.3 is 10.0 Å². The number of hydrogen-bond donors (Lipinski definition) is 1. The van der Waals surface area contributed by atoms with Gasteiger partial charge in [0.15, 0.2) is 0 Å². The highest BCUT2D eigenvalue weighted by Crippen LogP contribution is 2.23. The predicted octanol–water partition coefficient (Wildman–Crippen LogP) is 2.30. The fraction of sp³-hybridized carbons (Fsp3) is 0.571. The van der Waals surface area contributed by atoms with Crippen molar-refractivity contribution in [2.24, 2.45) is 0 Å². The van der Waals surface area contributed by atoms with Crippen molar-refractivity contribution in [3.05, 3.63) is 21.3 Å². The van der Waals surface area contributed by atoms with Crippen molar-refractivity contribution in [1.82, 2.24) is 9.80 Å².